The number of phenols is 1. The Bertz CT molecular complexity index is 2240. The SMILES string of the molecule is CC(C)C[C@H](NC(=O)[C@H](CCC(=O)O)NC(=O)[C@H](CCCCN)NC(=O)CC(CNCCN)CNCCN)C(=O)N[C@@H](CC(N)=O)C(=O)N[C@@H](CC(C)C)C(=O)N[C@H](C(=O)N[C@@H](Cc1ccc(O)cc1)C(=O)N[C@H](C(N)=O)[C@@H](C)O)C(C)C. The lowest BCUT2D eigenvalue weighted by molar-refractivity contribution is -0.139. The highest BCUT2D eigenvalue weighted by Crippen LogP contribution is 2.15. The summed E-state index contributed by atoms with van der Waals surface area (Å²) in [6.45, 7) is 14.2. The maximum absolute atomic E-state index is 14.2. The van der Waals surface area contributed by atoms with E-state index >= 15 is 0 Å². The minimum atomic E-state index is -1.75. The highest BCUT2D eigenvalue weighted by molar-refractivity contribution is 5.99. The summed E-state index contributed by atoms with van der Waals surface area (Å²) in [5, 5.41) is 56.3. The van der Waals surface area contributed by atoms with Crippen LogP contribution >= 0.6 is 0 Å². The zero-order chi connectivity index (χ0) is 62.9. The largest absolute Gasteiger partial charge is 0.508 e. The highest BCUT2D eigenvalue weighted by atomic mass is 16.4. The molecule has 0 radical (unpaired) electrons. The molecule has 0 bridgehead atoms. The first-order valence-corrected chi connectivity index (χ1v) is 28.2. The van der Waals surface area contributed by atoms with Crippen molar-refractivity contribution >= 4 is 65.0 Å². The molecule has 10 amide bonds. The number of rotatable bonds is 43. The van der Waals surface area contributed by atoms with Gasteiger partial charge in [-0.3, -0.25) is 52.7 Å². The van der Waals surface area contributed by atoms with Gasteiger partial charge in [0.05, 0.1) is 12.5 Å². The number of aliphatic hydroxyl groups excluding tert-OH is 1. The molecule has 0 unspecified atom stereocenters. The number of unbranched alkanes of at least 4 members (excludes halogenated alkanes) is 1. The molecule has 470 valence electrons. The first-order valence-electron chi connectivity index (χ1n) is 28.2. The minimum absolute atomic E-state index is 0.00799. The summed E-state index contributed by atoms with van der Waals surface area (Å²) in [6.07, 6.45) is -2.59. The van der Waals surface area contributed by atoms with Gasteiger partial charge < -0.3 is 97.2 Å². The van der Waals surface area contributed by atoms with Crippen molar-refractivity contribution < 1.29 is 68.1 Å². The van der Waals surface area contributed by atoms with Crippen molar-refractivity contribution in [3.05, 3.63) is 29.8 Å². The first kappa shape index (κ1) is 74.0. The van der Waals surface area contributed by atoms with Crippen molar-refractivity contribution in [2.24, 2.45) is 52.3 Å². The summed E-state index contributed by atoms with van der Waals surface area (Å²) in [5.41, 5.74) is 28.4. The molecule has 9 atom stereocenters. The predicted octanol–water partition coefficient (Wildman–Crippen LogP) is -4.60. The van der Waals surface area contributed by atoms with Gasteiger partial charge in [-0.05, 0) is 106 Å². The van der Waals surface area contributed by atoms with E-state index in [-0.39, 0.29) is 62.2 Å². The van der Waals surface area contributed by atoms with E-state index in [1.807, 2.05) is 0 Å². The summed E-state index contributed by atoms with van der Waals surface area (Å²) in [4.78, 5) is 148. The van der Waals surface area contributed by atoms with Crippen LogP contribution in [0.4, 0.5) is 0 Å². The smallest absolute Gasteiger partial charge is 0.303 e. The molecule has 1 rings (SSSR count). The number of hydrogen-bond donors (Lipinski definition) is 18. The van der Waals surface area contributed by atoms with Crippen molar-refractivity contribution in [3.8, 4) is 5.75 Å². The molecule has 0 saturated heterocycles. The zero-order valence-corrected chi connectivity index (χ0v) is 49.1. The van der Waals surface area contributed by atoms with Gasteiger partial charge in [0.2, 0.25) is 59.1 Å². The number of carboxylic acids is 1. The maximum Gasteiger partial charge on any atom is 0.303 e. The number of nitrogens with two attached hydrogens (primary N) is 5. The minimum Gasteiger partial charge on any atom is -0.508 e. The van der Waals surface area contributed by atoms with Crippen LogP contribution in [0.2, 0.25) is 0 Å². The number of aliphatic carboxylic acids is 1. The van der Waals surface area contributed by atoms with E-state index in [4.69, 9.17) is 28.7 Å². The second-order valence-electron chi connectivity index (χ2n) is 21.9. The van der Waals surface area contributed by atoms with E-state index in [1.165, 1.54) is 31.2 Å². The van der Waals surface area contributed by atoms with Crippen LogP contribution in [-0.2, 0) is 59.2 Å². The van der Waals surface area contributed by atoms with Crippen molar-refractivity contribution in [1.29, 1.82) is 0 Å². The highest BCUT2D eigenvalue weighted by Gasteiger charge is 2.37. The number of phenolic OH excluding ortho intramolecular Hbond substituents is 1. The number of benzene rings is 1. The number of carbonyl (C=O) groups excluding carboxylic acids is 10. The molecule has 23 N–H and O–H groups in total. The number of aliphatic hydroxyl groups is 1. The summed E-state index contributed by atoms with van der Waals surface area (Å²) in [6, 6.07) is -6.06. The Morgan fingerprint density at radius 1 is 0.506 bits per heavy atom. The average molecular weight is 1180 g/mol. The molecule has 0 heterocycles. The number of carboxylic acid groups (broad SMARTS) is 1. The molecule has 83 heavy (non-hydrogen) atoms. The van der Waals surface area contributed by atoms with Gasteiger partial charge in [-0.1, -0.05) is 53.7 Å². The van der Waals surface area contributed by atoms with Crippen LogP contribution < -0.4 is 81.8 Å². The fraction of sp³-hybridized carbons (Fsp3) is 0.685. The van der Waals surface area contributed by atoms with Crippen LogP contribution in [0.25, 0.3) is 0 Å². The van der Waals surface area contributed by atoms with Crippen LogP contribution in [0.1, 0.15) is 112 Å². The van der Waals surface area contributed by atoms with Crippen LogP contribution in [0, 0.1) is 23.7 Å². The van der Waals surface area contributed by atoms with Gasteiger partial charge in [-0.25, -0.2) is 0 Å². The van der Waals surface area contributed by atoms with Crippen LogP contribution in [0.3, 0.4) is 0 Å². The van der Waals surface area contributed by atoms with Crippen molar-refractivity contribution in [2.45, 2.75) is 167 Å². The van der Waals surface area contributed by atoms with Crippen LogP contribution in [-0.4, -0.2) is 181 Å². The Hall–Kier alpha value is -7.05. The maximum atomic E-state index is 14.2. The second-order valence-corrected chi connectivity index (χ2v) is 21.9. The number of hydrogen-bond acceptors (Lipinski definition) is 18. The van der Waals surface area contributed by atoms with Gasteiger partial charge in [0.1, 0.15) is 54.1 Å². The van der Waals surface area contributed by atoms with E-state index < -0.39 is 145 Å². The molecular formula is C54H95N15O14. The fourth-order valence-electron chi connectivity index (χ4n) is 8.56. The number of nitrogens with one attached hydrogen (secondary N) is 10. The normalized spacial score (nSPS) is 14.6. The van der Waals surface area contributed by atoms with Gasteiger partial charge in [-0.15, -0.1) is 0 Å². The third-order valence-electron chi connectivity index (χ3n) is 12.9. The molecule has 29 heteroatoms. The molecule has 0 saturated carbocycles. The molecule has 1 aromatic rings. The molecule has 29 nitrogen and oxygen atoms in total. The second kappa shape index (κ2) is 39.4. The van der Waals surface area contributed by atoms with E-state index in [9.17, 15) is 68.1 Å². The number of amides is 10. The summed E-state index contributed by atoms with van der Waals surface area (Å²) >= 11 is 0. The van der Waals surface area contributed by atoms with Crippen LogP contribution in [0.15, 0.2) is 24.3 Å². The van der Waals surface area contributed by atoms with Gasteiger partial charge in [0.25, 0.3) is 0 Å². The monoisotopic (exact) mass is 1180 g/mol. The molecule has 0 spiro atoms. The Morgan fingerprint density at radius 2 is 0.952 bits per heavy atom. The lowest BCUT2D eigenvalue weighted by atomic mass is 9.98. The summed E-state index contributed by atoms with van der Waals surface area (Å²) in [5.74, 6) is -12.0. The number of carbonyl (C=O) groups is 11. The molecular weight excluding hydrogens is 1080 g/mol. The third kappa shape index (κ3) is 30.2. The molecule has 0 aliphatic heterocycles. The Balaban J connectivity index is 3.52. The van der Waals surface area contributed by atoms with Gasteiger partial charge >= 0.3 is 5.97 Å². The van der Waals surface area contributed by atoms with E-state index in [1.54, 1.807) is 41.5 Å². The third-order valence-corrected chi connectivity index (χ3v) is 12.9. The molecule has 1 aromatic carbocycles. The first-order chi connectivity index (χ1) is 39.0. The van der Waals surface area contributed by atoms with Crippen molar-refractivity contribution in [1.82, 2.24) is 53.2 Å². The van der Waals surface area contributed by atoms with Crippen molar-refractivity contribution in [2.75, 3.05) is 45.8 Å². The van der Waals surface area contributed by atoms with E-state index in [0.29, 0.717) is 57.7 Å². The number of primary amides is 2. The van der Waals surface area contributed by atoms with Crippen molar-refractivity contribution in [3.63, 3.8) is 0 Å². The quantitative estimate of drug-likeness (QED) is 0.0274. The molecule has 0 aromatic heterocycles. The van der Waals surface area contributed by atoms with E-state index in [2.05, 4.69) is 53.2 Å². The topological polar surface area (TPSA) is 499 Å². The van der Waals surface area contributed by atoms with Gasteiger partial charge in [0, 0.05) is 45.4 Å². The van der Waals surface area contributed by atoms with E-state index in [0.717, 1.165) is 0 Å². The zero-order valence-electron chi connectivity index (χ0n) is 49.1. The molecule has 0 fully saturated rings. The summed E-state index contributed by atoms with van der Waals surface area (Å²) in [7, 11) is 0. The van der Waals surface area contributed by atoms with Crippen LogP contribution in [0.5, 0.6) is 5.75 Å². The lowest BCUT2D eigenvalue weighted by Crippen LogP contribution is -2.62. The number of aromatic hydroxyl groups is 1. The lowest BCUT2D eigenvalue weighted by Gasteiger charge is -2.29. The predicted molar refractivity (Wildman–Crippen MR) is 307 cm³/mol. The Morgan fingerprint density at radius 3 is 1.41 bits per heavy atom. The van der Waals surface area contributed by atoms with Gasteiger partial charge in [-0.2, -0.15) is 0 Å². The fourth-order valence-corrected chi connectivity index (χ4v) is 8.56. The molecule has 0 aliphatic rings. The van der Waals surface area contributed by atoms with Gasteiger partial charge in [0.15, 0.2) is 0 Å². The Kier molecular flexibility index (Phi) is 35.1. The Labute approximate surface area is 485 Å². The average Bonchev–Trinajstić information content (AvgIpc) is 3.45. The summed E-state index contributed by atoms with van der Waals surface area (Å²) < 4.78 is 0. The standard InChI is InChI=1S/C54H95N15O14/c1-29(2)22-38(64-49(78)37(15-16-44(74)75)63-48(77)36(10-8-9-17-55)62-43(73)25-34(27-60-20-18-56)28-61-21-19-57)50(79)66-41(26-42(58)72)51(80)65-39(23-30(3)4)52(81)68-45(31(5)6)54(83)67-40(24-33-11-13-35(71)14-12-33)53(82)69-46(32(7)70)47(59)76/h11-14,29-32,34,36-41,45-46,60-61,70-71H,8-10,15-28,55-57H2,1-7H3,(H2,58,72)(H2,59,76)(H,62,73)(H,63,77)(H,64,78)(H,65,80)(H,66,79)(H,67,83)(H,68,81)(H,69,82)(H,74,75)/t32-,36+,37+,38+,39+,40+,41+,45+,46+/m1/s1. The molecule has 0 aliphatic carbocycles.